The van der Waals surface area contributed by atoms with Crippen LogP contribution in [-0.4, -0.2) is 33.7 Å². The van der Waals surface area contributed by atoms with Gasteiger partial charge in [0.1, 0.15) is 11.8 Å². The van der Waals surface area contributed by atoms with Crippen molar-refractivity contribution in [1.82, 2.24) is 0 Å². The molecule has 0 aromatic heterocycles. The van der Waals surface area contributed by atoms with Gasteiger partial charge in [-0.2, -0.15) is 0 Å². The lowest BCUT2D eigenvalue weighted by Crippen LogP contribution is -2.45. The van der Waals surface area contributed by atoms with Crippen molar-refractivity contribution in [2.24, 2.45) is 0 Å². The fraction of sp³-hybridized carbons (Fsp3) is 0.381. The van der Waals surface area contributed by atoms with Crippen LogP contribution in [0.1, 0.15) is 31.9 Å². The third-order valence-corrected chi connectivity index (χ3v) is 6.26. The molecule has 0 unspecified atom stereocenters. The number of hydrogen-bond donors (Lipinski definition) is 1. The molecule has 0 fully saturated rings. The molecule has 6 nitrogen and oxygen atoms in total. The average molecular weight is 439 g/mol. The highest BCUT2D eigenvalue weighted by Crippen LogP contribution is 2.32. The number of carbonyl (C=O) groups is 1. The third-order valence-electron chi connectivity index (χ3n) is 4.73. The summed E-state index contributed by atoms with van der Waals surface area (Å²) in [6.07, 6.45) is 2.57. The molecule has 0 spiro atoms. The van der Waals surface area contributed by atoms with Crippen LogP contribution in [0.3, 0.4) is 0 Å². The molecule has 0 heterocycles. The lowest BCUT2D eigenvalue weighted by molar-refractivity contribution is -0.116. The van der Waals surface area contributed by atoms with Crippen LogP contribution in [0.15, 0.2) is 36.4 Å². The lowest BCUT2D eigenvalue weighted by atomic mass is 10.0. The van der Waals surface area contributed by atoms with Crippen LogP contribution in [-0.2, 0) is 27.7 Å². The number of rotatable bonds is 8. The van der Waals surface area contributed by atoms with Crippen LogP contribution in [0.25, 0.3) is 0 Å². The molecular weight excluding hydrogens is 412 g/mol. The van der Waals surface area contributed by atoms with Gasteiger partial charge >= 0.3 is 0 Å². The Morgan fingerprint density at radius 1 is 1.17 bits per heavy atom. The number of anilines is 2. The van der Waals surface area contributed by atoms with Crippen LogP contribution in [0, 0.1) is 0 Å². The third kappa shape index (κ3) is 5.22. The molecule has 1 amide bonds. The van der Waals surface area contributed by atoms with Gasteiger partial charge in [0.05, 0.1) is 24.1 Å². The summed E-state index contributed by atoms with van der Waals surface area (Å²) in [5.41, 5.74) is 3.04. The Labute approximate surface area is 177 Å². The number of nitrogens with zero attached hydrogens (tertiary/aromatic N) is 1. The second-order valence-corrected chi connectivity index (χ2v) is 8.97. The topological polar surface area (TPSA) is 75.7 Å². The van der Waals surface area contributed by atoms with Gasteiger partial charge in [0.2, 0.25) is 15.9 Å². The summed E-state index contributed by atoms with van der Waals surface area (Å²) >= 11 is 6.17. The Kier molecular flexibility index (Phi) is 7.54. The highest BCUT2D eigenvalue weighted by Gasteiger charge is 2.30. The fourth-order valence-corrected chi connectivity index (χ4v) is 4.65. The Hall–Kier alpha value is -2.25. The number of benzene rings is 2. The van der Waals surface area contributed by atoms with Gasteiger partial charge in [0, 0.05) is 5.69 Å². The highest BCUT2D eigenvalue weighted by molar-refractivity contribution is 7.92. The van der Waals surface area contributed by atoms with E-state index in [1.54, 1.807) is 19.1 Å². The van der Waals surface area contributed by atoms with E-state index in [1.165, 1.54) is 13.2 Å². The maximum absolute atomic E-state index is 13.0. The number of amides is 1. The van der Waals surface area contributed by atoms with E-state index in [2.05, 4.69) is 5.32 Å². The van der Waals surface area contributed by atoms with Gasteiger partial charge in [-0.1, -0.05) is 43.6 Å². The quantitative estimate of drug-likeness (QED) is 0.667. The molecule has 0 aliphatic rings. The number of methoxy groups -OCH3 is 1. The van der Waals surface area contributed by atoms with Crippen molar-refractivity contribution in [3.63, 3.8) is 0 Å². The Morgan fingerprint density at radius 2 is 1.76 bits per heavy atom. The molecular formula is C21H27ClN2O4S. The first-order valence-corrected chi connectivity index (χ1v) is 11.6. The monoisotopic (exact) mass is 438 g/mol. The largest absolute Gasteiger partial charge is 0.495 e. The van der Waals surface area contributed by atoms with E-state index in [0.717, 1.165) is 40.2 Å². The number of carbonyl (C=O) groups excluding carboxylic acids is 1. The van der Waals surface area contributed by atoms with E-state index >= 15 is 0 Å². The summed E-state index contributed by atoms with van der Waals surface area (Å²) < 4.78 is 31.2. The van der Waals surface area contributed by atoms with Gasteiger partial charge in [0.25, 0.3) is 0 Å². The van der Waals surface area contributed by atoms with Crippen molar-refractivity contribution in [1.29, 1.82) is 0 Å². The van der Waals surface area contributed by atoms with Crippen molar-refractivity contribution >= 4 is 38.9 Å². The highest BCUT2D eigenvalue weighted by atomic mass is 35.5. The van der Waals surface area contributed by atoms with Crippen LogP contribution < -0.4 is 14.4 Å². The minimum atomic E-state index is -3.75. The number of ether oxygens (including phenoxy) is 1. The molecule has 0 radical (unpaired) electrons. The Balaban J connectivity index is 2.42. The Bertz CT molecular complexity index is 970. The first-order valence-electron chi connectivity index (χ1n) is 9.38. The number of nitrogens with one attached hydrogen (secondary N) is 1. The number of sulfonamides is 1. The zero-order valence-corrected chi connectivity index (χ0v) is 18.9. The van der Waals surface area contributed by atoms with E-state index in [0.29, 0.717) is 11.4 Å². The minimum Gasteiger partial charge on any atom is -0.495 e. The van der Waals surface area contributed by atoms with E-state index in [9.17, 15) is 13.2 Å². The van der Waals surface area contributed by atoms with Crippen molar-refractivity contribution in [2.75, 3.05) is 23.0 Å². The number of aryl methyl sites for hydroxylation is 2. The summed E-state index contributed by atoms with van der Waals surface area (Å²) in [7, 11) is -2.28. The van der Waals surface area contributed by atoms with Crippen molar-refractivity contribution in [3.05, 3.63) is 52.5 Å². The lowest BCUT2D eigenvalue weighted by Gasteiger charge is -2.29. The van der Waals surface area contributed by atoms with Gasteiger partial charge in [0.15, 0.2) is 0 Å². The zero-order chi connectivity index (χ0) is 21.8. The summed E-state index contributed by atoms with van der Waals surface area (Å²) in [4.78, 5) is 13.0. The predicted octanol–water partition coefficient (Wildman–Crippen LogP) is 4.27. The van der Waals surface area contributed by atoms with Crippen LogP contribution >= 0.6 is 11.6 Å². The number of para-hydroxylation sites is 1. The predicted molar refractivity (Wildman–Crippen MR) is 119 cm³/mol. The standard InChI is InChI=1S/C21H27ClN2O4S/c1-6-15-9-8-10-16(7-2)20(15)23-21(25)14(3)24(29(5,26)27)17-11-12-19(28-4)18(22)13-17/h8-14H,6-7H2,1-5H3,(H,23,25)/t14-/m1/s1. The SMILES string of the molecule is CCc1cccc(CC)c1NC(=O)[C@@H](C)N(c1ccc(OC)c(Cl)c1)S(C)(=O)=O. The van der Waals surface area contributed by atoms with E-state index in [4.69, 9.17) is 16.3 Å². The maximum Gasteiger partial charge on any atom is 0.248 e. The summed E-state index contributed by atoms with van der Waals surface area (Å²) in [5, 5.41) is 3.20. The molecule has 2 rings (SSSR count). The molecule has 2 aromatic carbocycles. The molecule has 158 valence electrons. The van der Waals surface area contributed by atoms with Crippen LogP contribution in [0.5, 0.6) is 5.75 Å². The van der Waals surface area contributed by atoms with Gasteiger partial charge < -0.3 is 10.1 Å². The van der Waals surface area contributed by atoms with Crippen molar-refractivity contribution in [2.45, 2.75) is 39.7 Å². The van der Waals surface area contributed by atoms with Gasteiger partial charge in [-0.05, 0) is 49.1 Å². The molecule has 0 aliphatic heterocycles. The van der Waals surface area contributed by atoms with E-state index in [-0.39, 0.29) is 5.02 Å². The van der Waals surface area contributed by atoms with E-state index < -0.39 is 22.0 Å². The Morgan fingerprint density at radius 3 is 2.21 bits per heavy atom. The van der Waals surface area contributed by atoms with Crippen molar-refractivity contribution < 1.29 is 17.9 Å². The zero-order valence-electron chi connectivity index (χ0n) is 17.3. The van der Waals surface area contributed by atoms with E-state index in [1.807, 2.05) is 32.0 Å². The van der Waals surface area contributed by atoms with Gasteiger partial charge in [-0.3, -0.25) is 9.10 Å². The molecule has 29 heavy (non-hydrogen) atoms. The minimum absolute atomic E-state index is 0.260. The fourth-order valence-electron chi connectivity index (χ4n) is 3.23. The van der Waals surface area contributed by atoms with Gasteiger partial charge in [-0.25, -0.2) is 8.42 Å². The van der Waals surface area contributed by atoms with Crippen LogP contribution in [0.2, 0.25) is 5.02 Å². The van der Waals surface area contributed by atoms with Crippen LogP contribution in [0.4, 0.5) is 11.4 Å². The molecule has 0 bridgehead atoms. The second kappa shape index (κ2) is 9.50. The molecule has 0 aliphatic carbocycles. The first kappa shape index (κ1) is 23.0. The molecule has 1 N–H and O–H groups in total. The number of halogens is 1. The molecule has 0 saturated heterocycles. The summed E-state index contributed by atoms with van der Waals surface area (Å²) in [6, 6.07) is 9.49. The maximum atomic E-state index is 13.0. The van der Waals surface area contributed by atoms with Crippen molar-refractivity contribution in [3.8, 4) is 5.75 Å². The molecule has 2 aromatic rings. The van der Waals surface area contributed by atoms with Gasteiger partial charge in [-0.15, -0.1) is 0 Å². The average Bonchev–Trinajstić information content (AvgIpc) is 2.67. The molecule has 1 atom stereocenters. The second-order valence-electron chi connectivity index (χ2n) is 6.70. The molecule has 8 heteroatoms. The smallest absolute Gasteiger partial charge is 0.248 e. The first-order chi connectivity index (χ1) is 13.6. The summed E-state index contributed by atoms with van der Waals surface area (Å²) in [5.74, 6) is 0.00315. The number of hydrogen-bond acceptors (Lipinski definition) is 4. The molecule has 0 saturated carbocycles. The normalized spacial score (nSPS) is 12.3. The summed E-state index contributed by atoms with van der Waals surface area (Å²) in [6.45, 7) is 5.57.